The summed E-state index contributed by atoms with van der Waals surface area (Å²) in [5.74, 6) is -10.4. The van der Waals surface area contributed by atoms with Gasteiger partial charge < -0.3 is 0 Å². The van der Waals surface area contributed by atoms with E-state index in [9.17, 15) is 52.7 Å². The van der Waals surface area contributed by atoms with Crippen molar-refractivity contribution in [2.45, 2.75) is 61.8 Å². The highest BCUT2D eigenvalue weighted by Gasteiger charge is 2.63. The molecule has 3 atom stereocenters. The third-order valence-electron chi connectivity index (χ3n) is 3.76. The van der Waals surface area contributed by atoms with E-state index in [1.165, 1.54) is 0 Å². The van der Waals surface area contributed by atoms with Crippen LogP contribution in [0.3, 0.4) is 0 Å². The first-order valence-electron chi connectivity index (χ1n) is 6.92. The Morgan fingerprint density at radius 3 is 1.68 bits per heavy atom. The van der Waals surface area contributed by atoms with Crippen LogP contribution in [0.25, 0.3) is 0 Å². The van der Waals surface area contributed by atoms with E-state index in [1.807, 2.05) is 0 Å². The van der Waals surface area contributed by atoms with Crippen molar-refractivity contribution >= 4 is 0 Å². The molecule has 0 aliphatic carbocycles. The van der Waals surface area contributed by atoms with Crippen LogP contribution in [0.15, 0.2) is 0 Å². The molecule has 25 heavy (non-hydrogen) atoms. The first-order chi connectivity index (χ1) is 11.0. The third kappa shape index (κ3) is 5.07. The minimum absolute atomic E-state index is 0.103. The smallest absolute Gasteiger partial charge is 0.289 e. The molecule has 1 rings (SSSR count). The van der Waals surface area contributed by atoms with Gasteiger partial charge >= 0.3 is 18.3 Å². The first kappa shape index (κ1) is 22.2. The second kappa shape index (κ2) is 7.03. The molecular weight excluding hydrogens is 386 g/mol. The van der Waals surface area contributed by atoms with Crippen LogP contribution in [0, 0.1) is 0 Å². The molecule has 1 saturated heterocycles. The van der Waals surface area contributed by atoms with Crippen LogP contribution in [-0.4, -0.2) is 60.6 Å². The van der Waals surface area contributed by atoms with Gasteiger partial charge in [-0.15, -0.1) is 0 Å². The molecule has 1 fully saturated rings. The van der Waals surface area contributed by atoms with Crippen LogP contribution in [0.4, 0.5) is 52.7 Å². The molecule has 0 saturated carbocycles. The van der Waals surface area contributed by atoms with Crippen molar-refractivity contribution < 1.29 is 52.7 Å². The fraction of sp³-hybridized carbons (Fsp3) is 1.00. The van der Waals surface area contributed by atoms with E-state index >= 15 is 0 Å². The van der Waals surface area contributed by atoms with Gasteiger partial charge in [-0.3, -0.25) is 4.90 Å². The van der Waals surface area contributed by atoms with Crippen LogP contribution in [0.5, 0.6) is 0 Å². The number of alkyl halides is 12. The Morgan fingerprint density at radius 1 is 0.760 bits per heavy atom. The van der Waals surface area contributed by atoms with Crippen molar-refractivity contribution in [3.63, 3.8) is 0 Å². The van der Waals surface area contributed by atoms with Crippen LogP contribution < -0.4 is 0 Å². The number of piperidine rings is 1. The summed E-state index contributed by atoms with van der Waals surface area (Å²) < 4.78 is 153. The zero-order valence-corrected chi connectivity index (χ0v) is 12.3. The number of nitrogens with zero attached hydrogens (tertiary/aromatic N) is 1. The van der Waals surface area contributed by atoms with E-state index in [0.29, 0.717) is 0 Å². The van der Waals surface area contributed by atoms with E-state index in [4.69, 9.17) is 0 Å². The third-order valence-corrected chi connectivity index (χ3v) is 3.76. The molecule has 0 aromatic heterocycles. The Hall–Kier alpha value is -0.880. The Kier molecular flexibility index (Phi) is 6.23. The highest BCUT2D eigenvalue weighted by Crippen LogP contribution is 2.43. The van der Waals surface area contributed by atoms with Gasteiger partial charge in [0, 0.05) is 0 Å². The average Bonchev–Trinajstić information content (AvgIpc) is 2.43. The average molecular weight is 399 g/mol. The van der Waals surface area contributed by atoms with Gasteiger partial charge in [0.05, 0.1) is 12.6 Å². The van der Waals surface area contributed by atoms with Crippen molar-refractivity contribution in [2.24, 2.45) is 0 Å². The van der Waals surface area contributed by atoms with Crippen molar-refractivity contribution in [3.8, 4) is 0 Å². The highest BCUT2D eigenvalue weighted by molar-refractivity contribution is 4.98. The van der Waals surface area contributed by atoms with E-state index in [-0.39, 0.29) is 17.7 Å². The summed E-state index contributed by atoms with van der Waals surface area (Å²) in [4.78, 5) is -0.111. The summed E-state index contributed by atoms with van der Waals surface area (Å²) in [6, 6.07) is -2.73. The number of halogens is 12. The fourth-order valence-electron chi connectivity index (χ4n) is 2.59. The Bertz CT molecular complexity index is 442. The topological polar surface area (TPSA) is 3.24 Å². The van der Waals surface area contributed by atoms with E-state index < -0.39 is 62.1 Å². The van der Waals surface area contributed by atoms with Crippen molar-refractivity contribution in [3.05, 3.63) is 0 Å². The van der Waals surface area contributed by atoms with Crippen molar-refractivity contribution in [1.29, 1.82) is 0 Å². The molecule has 150 valence electrons. The Morgan fingerprint density at radius 2 is 1.24 bits per heavy atom. The maximum atomic E-state index is 13.8. The summed E-state index contributed by atoms with van der Waals surface area (Å²) in [5, 5.41) is 0. The summed E-state index contributed by atoms with van der Waals surface area (Å²) in [5.41, 5.74) is 0. The van der Waals surface area contributed by atoms with Crippen molar-refractivity contribution in [2.75, 3.05) is 13.1 Å². The van der Waals surface area contributed by atoms with Gasteiger partial charge in [-0.25, -0.2) is 26.3 Å². The number of likely N-dealkylation sites (tertiary alicyclic amines) is 1. The Balaban J connectivity index is 3.04. The predicted molar refractivity (Wildman–Crippen MR) is 61.0 cm³/mol. The molecule has 1 aliphatic heterocycles. The molecule has 0 radical (unpaired) electrons. The summed E-state index contributed by atoms with van der Waals surface area (Å²) in [7, 11) is 0. The summed E-state index contributed by atoms with van der Waals surface area (Å²) in [6.07, 6.45) is -22.5. The fourth-order valence-corrected chi connectivity index (χ4v) is 2.59. The highest BCUT2D eigenvalue weighted by atomic mass is 19.4. The lowest BCUT2D eigenvalue weighted by Gasteiger charge is -2.42. The maximum Gasteiger partial charge on any atom is 0.425 e. The Labute approximate surface area is 133 Å². The van der Waals surface area contributed by atoms with Gasteiger partial charge in [-0.2, -0.15) is 26.3 Å². The second-order valence-electron chi connectivity index (χ2n) is 5.73. The quantitative estimate of drug-likeness (QED) is 0.594. The molecule has 0 bridgehead atoms. The standard InChI is InChI=1S/C12H13F12N/c13-7(11(19,20)21)9(15,16)5-25-4-2-1-3-6(25)10(17,18)8(14)12(22,23)24/h6-8H,1-5H2. The van der Waals surface area contributed by atoms with Gasteiger partial charge in [-0.05, 0) is 19.4 Å². The summed E-state index contributed by atoms with van der Waals surface area (Å²) >= 11 is 0. The molecular formula is C12H13F12N. The molecule has 1 aliphatic rings. The van der Waals surface area contributed by atoms with Crippen LogP contribution in [0.2, 0.25) is 0 Å². The molecule has 0 amide bonds. The van der Waals surface area contributed by atoms with Crippen LogP contribution >= 0.6 is 0 Å². The summed E-state index contributed by atoms with van der Waals surface area (Å²) in [6.45, 7) is -2.95. The normalized spacial score (nSPS) is 24.2. The number of rotatable bonds is 5. The molecule has 0 aromatic carbocycles. The minimum Gasteiger partial charge on any atom is -0.289 e. The molecule has 13 heteroatoms. The molecule has 3 unspecified atom stereocenters. The molecule has 0 aromatic rings. The van der Waals surface area contributed by atoms with E-state index in [0.717, 1.165) is 0 Å². The lowest BCUT2D eigenvalue weighted by Crippen LogP contribution is -2.61. The second-order valence-corrected chi connectivity index (χ2v) is 5.73. The molecule has 1 nitrogen and oxygen atoms in total. The number of hydrogen-bond acceptors (Lipinski definition) is 1. The van der Waals surface area contributed by atoms with Crippen LogP contribution in [-0.2, 0) is 0 Å². The minimum atomic E-state index is -6.00. The SMILES string of the molecule is FC(C(F)(F)F)C(F)(F)CN1CCCCC1C(F)(F)C(F)C(F)(F)F. The van der Waals surface area contributed by atoms with E-state index in [1.54, 1.807) is 0 Å². The molecule has 0 N–H and O–H groups in total. The van der Waals surface area contributed by atoms with Gasteiger partial charge in [0.15, 0.2) is 0 Å². The maximum absolute atomic E-state index is 13.8. The van der Waals surface area contributed by atoms with Gasteiger partial charge in [0.2, 0.25) is 0 Å². The lowest BCUT2D eigenvalue weighted by molar-refractivity contribution is -0.272. The van der Waals surface area contributed by atoms with Gasteiger partial charge in [0.25, 0.3) is 18.3 Å². The monoisotopic (exact) mass is 399 g/mol. The van der Waals surface area contributed by atoms with Crippen molar-refractivity contribution in [1.82, 2.24) is 4.90 Å². The lowest BCUT2D eigenvalue weighted by atomic mass is 9.92. The largest absolute Gasteiger partial charge is 0.425 e. The number of hydrogen-bond donors (Lipinski definition) is 0. The molecule has 0 spiro atoms. The zero-order chi connectivity index (χ0) is 19.8. The van der Waals surface area contributed by atoms with Gasteiger partial charge in [-0.1, -0.05) is 6.42 Å². The zero-order valence-electron chi connectivity index (χ0n) is 12.3. The van der Waals surface area contributed by atoms with E-state index in [2.05, 4.69) is 0 Å². The molecule has 1 heterocycles. The predicted octanol–water partition coefficient (Wildman–Crippen LogP) is 4.91. The first-order valence-corrected chi connectivity index (χ1v) is 6.92. The van der Waals surface area contributed by atoms with Crippen LogP contribution in [0.1, 0.15) is 19.3 Å². The van der Waals surface area contributed by atoms with Gasteiger partial charge in [0.1, 0.15) is 0 Å².